The molecule has 0 aromatic heterocycles. The van der Waals surface area contributed by atoms with E-state index < -0.39 is 11.9 Å². The number of esters is 2. The molecule has 0 aliphatic heterocycles. The maximum absolute atomic E-state index is 11.8. The Hall–Kier alpha value is -3.32. The van der Waals surface area contributed by atoms with Crippen LogP contribution in [0, 0.1) is 22.7 Å². The molecule has 7 nitrogen and oxygen atoms in total. The Bertz CT molecular complexity index is 664. The lowest BCUT2D eigenvalue weighted by atomic mass is 10.1. The molecule has 1 aromatic rings. The van der Waals surface area contributed by atoms with Gasteiger partial charge in [0.05, 0.1) is 31.0 Å². The molecule has 0 spiro atoms. The zero-order valence-electron chi connectivity index (χ0n) is 11.3. The van der Waals surface area contributed by atoms with Gasteiger partial charge in [-0.3, -0.25) is 0 Å². The normalized spacial score (nSPS) is 8.76. The fourth-order valence-electron chi connectivity index (χ4n) is 1.51. The summed E-state index contributed by atoms with van der Waals surface area (Å²) < 4.78 is 9.23. The van der Waals surface area contributed by atoms with Crippen LogP contribution in [0.5, 0.6) is 0 Å². The summed E-state index contributed by atoms with van der Waals surface area (Å²) >= 11 is 0. The van der Waals surface area contributed by atoms with Gasteiger partial charge in [-0.25, -0.2) is 9.59 Å². The number of hydrogen-bond acceptors (Lipinski definition) is 7. The Labute approximate surface area is 121 Å². The molecule has 0 radical (unpaired) electrons. The highest BCUT2D eigenvalue weighted by atomic mass is 16.5. The van der Waals surface area contributed by atoms with E-state index in [1.54, 1.807) is 12.1 Å². The van der Waals surface area contributed by atoms with Gasteiger partial charge in [0.25, 0.3) is 0 Å². The highest BCUT2D eigenvalue weighted by Crippen LogP contribution is 2.22. The summed E-state index contributed by atoms with van der Waals surface area (Å²) in [5.41, 5.74) is -0.00131. The van der Waals surface area contributed by atoms with Gasteiger partial charge >= 0.3 is 11.9 Å². The number of nitrogens with one attached hydrogen (secondary N) is 1. The van der Waals surface area contributed by atoms with Gasteiger partial charge in [0.2, 0.25) is 0 Å². The van der Waals surface area contributed by atoms with Gasteiger partial charge in [-0.15, -0.1) is 0 Å². The molecule has 0 unspecified atom stereocenters. The van der Waals surface area contributed by atoms with Gasteiger partial charge in [0.1, 0.15) is 17.7 Å². The third-order valence-corrected chi connectivity index (χ3v) is 2.47. The molecular weight excluding hydrogens is 274 g/mol. The molecule has 0 saturated heterocycles. The number of hydrogen-bond donors (Lipinski definition) is 1. The Balaban J connectivity index is 3.36. The highest BCUT2D eigenvalue weighted by molar-refractivity contribution is 6.07. The van der Waals surface area contributed by atoms with Crippen molar-refractivity contribution in [3.05, 3.63) is 41.1 Å². The van der Waals surface area contributed by atoms with E-state index in [9.17, 15) is 9.59 Å². The van der Waals surface area contributed by atoms with Crippen LogP contribution >= 0.6 is 0 Å². The van der Waals surface area contributed by atoms with E-state index >= 15 is 0 Å². The second-order valence-corrected chi connectivity index (χ2v) is 3.64. The van der Waals surface area contributed by atoms with Crippen LogP contribution in [0.25, 0.3) is 0 Å². The second kappa shape index (κ2) is 7.31. The van der Waals surface area contributed by atoms with Gasteiger partial charge < -0.3 is 14.8 Å². The fraction of sp³-hybridized carbons (Fsp3) is 0.143. The summed E-state index contributed by atoms with van der Waals surface area (Å²) in [5, 5.41) is 20.0. The number of carbonyl (C=O) groups is 2. The van der Waals surface area contributed by atoms with Crippen molar-refractivity contribution in [1.82, 2.24) is 0 Å². The number of benzene rings is 1. The van der Waals surface area contributed by atoms with E-state index in [0.29, 0.717) is 0 Å². The Kier molecular flexibility index (Phi) is 5.48. The lowest BCUT2D eigenvalue weighted by Crippen LogP contribution is -2.14. The smallest absolute Gasteiger partial charge is 0.340 e. The van der Waals surface area contributed by atoms with Crippen LogP contribution in [0.3, 0.4) is 0 Å². The fourth-order valence-corrected chi connectivity index (χ4v) is 1.51. The standard InChI is InChI=1S/C14H11N3O4/c1-20-13(18)10-4-3-5-11(12(10)14(19)21-2)17-8-9(6-15)7-16/h3-5,8,17H,1-2H3. The summed E-state index contributed by atoms with van der Waals surface area (Å²) in [4.78, 5) is 23.5. The topological polar surface area (TPSA) is 112 Å². The zero-order chi connectivity index (χ0) is 15.8. The maximum atomic E-state index is 11.8. The molecule has 0 amide bonds. The van der Waals surface area contributed by atoms with Crippen LogP contribution in [-0.2, 0) is 9.47 Å². The van der Waals surface area contributed by atoms with E-state index in [1.807, 2.05) is 0 Å². The molecule has 0 bridgehead atoms. The molecule has 0 aliphatic carbocycles. The Morgan fingerprint density at radius 3 is 2.29 bits per heavy atom. The van der Waals surface area contributed by atoms with Crippen LogP contribution in [0.1, 0.15) is 20.7 Å². The maximum Gasteiger partial charge on any atom is 0.340 e. The minimum Gasteiger partial charge on any atom is -0.465 e. The Morgan fingerprint density at radius 1 is 1.14 bits per heavy atom. The summed E-state index contributed by atoms with van der Waals surface area (Å²) in [5.74, 6) is -1.45. The van der Waals surface area contributed by atoms with Gasteiger partial charge in [-0.2, -0.15) is 10.5 Å². The Morgan fingerprint density at radius 2 is 1.76 bits per heavy atom. The van der Waals surface area contributed by atoms with Crippen LogP contribution in [-0.4, -0.2) is 26.2 Å². The summed E-state index contributed by atoms with van der Waals surface area (Å²) in [6, 6.07) is 7.75. The quantitative estimate of drug-likeness (QED) is 0.660. The van der Waals surface area contributed by atoms with Crippen LogP contribution in [0.2, 0.25) is 0 Å². The largest absolute Gasteiger partial charge is 0.465 e. The predicted molar refractivity (Wildman–Crippen MR) is 72.1 cm³/mol. The van der Waals surface area contributed by atoms with Gasteiger partial charge in [0, 0.05) is 6.20 Å². The van der Waals surface area contributed by atoms with Crippen molar-refractivity contribution in [2.24, 2.45) is 0 Å². The number of anilines is 1. The van der Waals surface area contributed by atoms with Gasteiger partial charge in [-0.05, 0) is 12.1 Å². The zero-order valence-corrected chi connectivity index (χ0v) is 11.3. The monoisotopic (exact) mass is 285 g/mol. The third-order valence-electron chi connectivity index (χ3n) is 2.47. The molecule has 1 rings (SSSR count). The summed E-state index contributed by atoms with van der Waals surface area (Å²) in [7, 11) is 2.36. The lowest BCUT2D eigenvalue weighted by molar-refractivity contribution is 0.0556. The van der Waals surface area contributed by atoms with Crippen molar-refractivity contribution < 1.29 is 19.1 Å². The number of rotatable bonds is 4. The number of ether oxygens (including phenoxy) is 2. The number of methoxy groups -OCH3 is 2. The predicted octanol–water partition coefficient (Wildman–Crippen LogP) is 1.60. The molecule has 1 N–H and O–H groups in total. The van der Waals surface area contributed by atoms with E-state index in [2.05, 4.69) is 14.8 Å². The average Bonchev–Trinajstić information content (AvgIpc) is 2.53. The van der Waals surface area contributed by atoms with Crippen molar-refractivity contribution in [1.29, 1.82) is 10.5 Å². The molecule has 106 valence electrons. The van der Waals surface area contributed by atoms with Crippen LogP contribution < -0.4 is 5.32 Å². The molecule has 1 aromatic carbocycles. The highest BCUT2D eigenvalue weighted by Gasteiger charge is 2.21. The molecule has 0 atom stereocenters. The number of allylic oxidation sites excluding steroid dienone is 1. The molecule has 0 saturated carbocycles. The summed E-state index contributed by atoms with van der Waals surface area (Å²) in [6.45, 7) is 0. The third kappa shape index (κ3) is 3.58. The minimum absolute atomic E-state index is 0.0122. The molecule has 21 heavy (non-hydrogen) atoms. The average molecular weight is 285 g/mol. The first-order chi connectivity index (χ1) is 10.1. The first-order valence-corrected chi connectivity index (χ1v) is 5.65. The van der Waals surface area contributed by atoms with Gasteiger partial charge in [0.15, 0.2) is 0 Å². The molecule has 0 fully saturated rings. The van der Waals surface area contributed by atoms with Crippen molar-refractivity contribution in [2.75, 3.05) is 19.5 Å². The van der Waals surface area contributed by atoms with Crippen LogP contribution in [0.4, 0.5) is 5.69 Å². The van der Waals surface area contributed by atoms with Crippen molar-refractivity contribution >= 4 is 17.6 Å². The number of carbonyl (C=O) groups excluding carboxylic acids is 2. The first kappa shape index (κ1) is 15.7. The molecule has 7 heteroatoms. The minimum atomic E-state index is -0.748. The van der Waals surface area contributed by atoms with Crippen molar-refractivity contribution in [3.8, 4) is 12.1 Å². The van der Waals surface area contributed by atoms with Crippen LogP contribution in [0.15, 0.2) is 30.0 Å². The SMILES string of the molecule is COC(=O)c1cccc(NC=C(C#N)C#N)c1C(=O)OC. The van der Waals surface area contributed by atoms with E-state index in [4.69, 9.17) is 10.5 Å². The summed E-state index contributed by atoms with van der Waals surface area (Å²) in [6.07, 6.45) is 1.13. The van der Waals surface area contributed by atoms with E-state index in [-0.39, 0.29) is 22.4 Å². The second-order valence-electron chi connectivity index (χ2n) is 3.64. The first-order valence-electron chi connectivity index (χ1n) is 5.65. The van der Waals surface area contributed by atoms with Crippen molar-refractivity contribution in [2.45, 2.75) is 0 Å². The number of nitrogens with zero attached hydrogens (tertiary/aromatic N) is 2. The van der Waals surface area contributed by atoms with E-state index in [1.165, 1.54) is 32.4 Å². The van der Waals surface area contributed by atoms with Gasteiger partial charge in [-0.1, -0.05) is 6.07 Å². The van der Waals surface area contributed by atoms with E-state index in [0.717, 1.165) is 6.20 Å². The molecular formula is C14H11N3O4. The van der Waals surface area contributed by atoms with Crippen molar-refractivity contribution in [3.63, 3.8) is 0 Å². The molecule has 0 heterocycles. The number of nitriles is 2. The lowest BCUT2D eigenvalue weighted by Gasteiger charge is -2.11. The molecule has 0 aliphatic rings.